The molecule has 0 radical (unpaired) electrons. The van der Waals surface area contributed by atoms with Crippen LogP contribution in [0.25, 0.3) is 0 Å². The summed E-state index contributed by atoms with van der Waals surface area (Å²) >= 11 is 0. The minimum atomic E-state index is -0.941. The van der Waals surface area contributed by atoms with Crippen LogP contribution < -0.4 is 0 Å². The highest BCUT2D eigenvalue weighted by Gasteiger charge is 2.49. The second-order valence-corrected chi connectivity index (χ2v) is 7.54. The van der Waals surface area contributed by atoms with Gasteiger partial charge in [-0.05, 0) is 38.3 Å². The van der Waals surface area contributed by atoms with Crippen LogP contribution in [0.3, 0.4) is 0 Å². The van der Waals surface area contributed by atoms with Gasteiger partial charge < -0.3 is 9.64 Å². The molecule has 0 saturated carbocycles. The van der Waals surface area contributed by atoms with Crippen LogP contribution in [0.4, 0.5) is 0 Å². The minimum absolute atomic E-state index is 0.0218. The van der Waals surface area contributed by atoms with E-state index in [4.69, 9.17) is 9.73 Å². The van der Waals surface area contributed by atoms with E-state index in [0.717, 1.165) is 11.1 Å². The molecule has 4 heteroatoms. The first-order valence-corrected chi connectivity index (χ1v) is 10.3. The number of rotatable bonds is 7. The molecule has 1 aliphatic heterocycles. The fourth-order valence-electron chi connectivity index (χ4n) is 4.08. The lowest BCUT2D eigenvalue weighted by molar-refractivity contribution is -0.142. The van der Waals surface area contributed by atoms with E-state index in [9.17, 15) is 4.79 Å². The van der Waals surface area contributed by atoms with Crippen molar-refractivity contribution in [1.29, 1.82) is 0 Å². The zero-order valence-corrected chi connectivity index (χ0v) is 17.5. The normalized spacial score (nSPS) is 22.7. The summed E-state index contributed by atoms with van der Waals surface area (Å²) in [6.45, 7) is 10.4. The van der Waals surface area contributed by atoms with E-state index < -0.39 is 5.54 Å². The first-order valence-electron chi connectivity index (χ1n) is 10.3. The van der Waals surface area contributed by atoms with Gasteiger partial charge in [0.1, 0.15) is 6.04 Å². The standard InChI is InChI=1S/C25H30N2O2/c1-5-17-25(18-21-13-9-7-10-14-21)24(28)27(20(4)23(26-25)29-6-2)19(3)22-15-11-8-12-16-22/h5,7-16,19-20H,1,6,17-18H2,2-4H3/t19-,20-,25-/m1/s1. The minimum Gasteiger partial charge on any atom is -0.480 e. The van der Waals surface area contributed by atoms with Gasteiger partial charge in [0.05, 0.1) is 12.6 Å². The van der Waals surface area contributed by atoms with Crippen LogP contribution in [0.2, 0.25) is 0 Å². The average molecular weight is 391 g/mol. The van der Waals surface area contributed by atoms with Crippen LogP contribution in [0, 0.1) is 0 Å². The van der Waals surface area contributed by atoms with Gasteiger partial charge in [-0.3, -0.25) is 4.79 Å². The van der Waals surface area contributed by atoms with Crippen molar-refractivity contribution < 1.29 is 9.53 Å². The number of carbonyl (C=O) groups is 1. The fourth-order valence-corrected chi connectivity index (χ4v) is 4.08. The van der Waals surface area contributed by atoms with Gasteiger partial charge in [0.2, 0.25) is 5.90 Å². The molecule has 4 nitrogen and oxygen atoms in total. The third kappa shape index (κ3) is 4.26. The predicted molar refractivity (Wildman–Crippen MR) is 118 cm³/mol. The van der Waals surface area contributed by atoms with Crippen LogP contribution in [-0.2, 0) is 16.0 Å². The number of carbonyl (C=O) groups excluding carboxylic acids is 1. The molecule has 0 saturated heterocycles. The van der Waals surface area contributed by atoms with E-state index >= 15 is 0 Å². The number of aliphatic imine (C=N–C) groups is 1. The summed E-state index contributed by atoms with van der Waals surface area (Å²) in [4.78, 5) is 20.8. The Morgan fingerprint density at radius 3 is 2.38 bits per heavy atom. The molecular weight excluding hydrogens is 360 g/mol. The Labute approximate surface area is 173 Å². The van der Waals surface area contributed by atoms with Crippen LogP contribution in [0.5, 0.6) is 0 Å². The third-order valence-corrected chi connectivity index (χ3v) is 5.54. The third-order valence-electron chi connectivity index (χ3n) is 5.54. The summed E-state index contributed by atoms with van der Waals surface area (Å²) < 4.78 is 5.92. The second-order valence-electron chi connectivity index (χ2n) is 7.54. The quantitative estimate of drug-likeness (QED) is 0.626. The molecule has 29 heavy (non-hydrogen) atoms. The number of hydrogen-bond acceptors (Lipinski definition) is 3. The Morgan fingerprint density at radius 2 is 1.79 bits per heavy atom. The molecule has 1 amide bonds. The van der Waals surface area contributed by atoms with Gasteiger partial charge in [0.15, 0.2) is 5.54 Å². The molecule has 1 aliphatic rings. The number of nitrogens with zero attached hydrogens (tertiary/aromatic N) is 2. The van der Waals surface area contributed by atoms with Crippen molar-refractivity contribution in [2.24, 2.45) is 4.99 Å². The van der Waals surface area contributed by atoms with Crippen molar-refractivity contribution in [3.05, 3.63) is 84.4 Å². The maximum Gasteiger partial charge on any atom is 0.252 e. The average Bonchev–Trinajstić information content (AvgIpc) is 2.74. The van der Waals surface area contributed by atoms with Gasteiger partial charge in [-0.15, -0.1) is 6.58 Å². The van der Waals surface area contributed by atoms with E-state index in [0.29, 0.717) is 25.3 Å². The lowest BCUT2D eigenvalue weighted by Crippen LogP contribution is -2.59. The highest BCUT2D eigenvalue weighted by molar-refractivity contribution is 5.98. The highest BCUT2D eigenvalue weighted by atomic mass is 16.5. The maximum absolute atomic E-state index is 13.9. The fraction of sp³-hybridized carbons (Fsp3) is 0.360. The van der Waals surface area contributed by atoms with E-state index in [1.165, 1.54) is 0 Å². The van der Waals surface area contributed by atoms with Crippen LogP contribution in [0.15, 0.2) is 78.3 Å². The van der Waals surface area contributed by atoms with Gasteiger partial charge in [0.25, 0.3) is 5.91 Å². The van der Waals surface area contributed by atoms with Crippen molar-refractivity contribution in [1.82, 2.24) is 4.90 Å². The molecular formula is C25H30N2O2. The lowest BCUT2D eigenvalue weighted by atomic mass is 9.83. The Bertz CT molecular complexity index is 863. The molecule has 0 aromatic heterocycles. The topological polar surface area (TPSA) is 41.9 Å². The summed E-state index contributed by atoms with van der Waals surface area (Å²) in [6, 6.07) is 19.8. The van der Waals surface area contributed by atoms with Crippen molar-refractivity contribution in [3.8, 4) is 0 Å². The van der Waals surface area contributed by atoms with Gasteiger partial charge in [-0.2, -0.15) is 0 Å². The summed E-state index contributed by atoms with van der Waals surface area (Å²) in [5.41, 5.74) is 1.23. The summed E-state index contributed by atoms with van der Waals surface area (Å²) in [5.74, 6) is 0.640. The van der Waals surface area contributed by atoms with E-state index in [2.05, 4.69) is 25.6 Å². The molecule has 0 N–H and O–H groups in total. The Kier molecular flexibility index (Phi) is 6.53. The Hall–Kier alpha value is -2.88. The molecule has 3 atom stereocenters. The van der Waals surface area contributed by atoms with Gasteiger partial charge in [-0.1, -0.05) is 66.7 Å². The van der Waals surface area contributed by atoms with Crippen LogP contribution in [0.1, 0.15) is 44.4 Å². The molecule has 152 valence electrons. The molecule has 2 aromatic rings. The molecule has 0 unspecified atom stereocenters. The molecule has 3 rings (SSSR count). The molecule has 0 aliphatic carbocycles. The van der Waals surface area contributed by atoms with Crippen LogP contribution in [-0.4, -0.2) is 34.9 Å². The number of benzene rings is 2. The van der Waals surface area contributed by atoms with E-state index in [-0.39, 0.29) is 18.0 Å². The van der Waals surface area contributed by atoms with Crippen LogP contribution >= 0.6 is 0 Å². The molecule has 0 bridgehead atoms. The monoisotopic (exact) mass is 390 g/mol. The largest absolute Gasteiger partial charge is 0.480 e. The van der Waals surface area contributed by atoms with Gasteiger partial charge >= 0.3 is 0 Å². The zero-order valence-electron chi connectivity index (χ0n) is 17.5. The predicted octanol–water partition coefficient (Wildman–Crippen LogP) is 4.97. The van der Waals surface area contributed by atoms with Crippen molar-refractivity contribution in [2.75, 3.05) is 6.61 Å². The maximum atomic E-state index is 13.9. The van der Waals surface area contributed by atoms with Crippen molar-refractivity contribution >= 4 is 11.8 Å². The summed E-state index contributed by atoms with van der Waals surface area (Å²) in [7, 11) is 0. The van der Waals surface area contributed by atoms with E-state index in [1.807, 2.05) is 67.3 Å². The number of ether oxygens (including phenoxy) is 1. The molecule has 0 spiro atoms. The highest BCUT2D eigenvalue weighted by Crippen LogP contribution is 2.36. The van der Waals surface area contributed by atoms with Gasteiger partial charge in [0, 0.05) is 6.42 Å². The first kappa shape index (κ1) is 20.8. The first-order chi connectivity index (χ1) is 14.0. The number of hydrogen-bond donors (Lipinski definition) is 0. The summed E-state index contributed by atoms with van der Waals surface area (Å²) in [6.07, 6.45) is 2.76. The Balaban J connectivity index is 2.08. The second kappa shape index (κ2) is 9.08. The smallest absolute Gasteiger partial charge is 0.252 e. The van der Waals surface area contributed by atoms with Gasteiger partial charge in [-0.25, -0.2) is 4.99 Å². The molecule has 1 heterocycles. The van der Waals surface area contributed by atoms with Crippen molar-refractivity contribution in [2.45, 2.75) is 51.2 Å². The van der Waals surface area contributed by atoms with Crippen molar-refractivity contribution in [3.63, 3.8) is 0 Å². The number of amides is 1. The lowest BCUT2D eigenvalue weighted by Gasteiger charge is -2.45. The van der Waals surface area contributed by atoms with E-state index in [1.54, 1.807) is 6.08 Å². The zero-order chi connectivity index (χ0) is 20.9. The molecule has 2 aromatic carbocycles. The Morgan fingerprint density at radius 1 is 1.17 bits per heavy atom. The molecule has 0 fully saturated rings. The summed E-state index contributed by atoms with van der Waals surface area (Å²) in [5, 5.41) is 0. The SMILES string of the molecule is C=CC[C@]1(Cc2ccccc2)N=C(OCC)[C@@H](C)N([C@H](C)c2ccccc2)C1=O.